The first-order chi connectivity index (χ1) is 13.5. The number of esters is 1. The lowest BCUT2D eigenvalue weighted by Crippen LogP contribution is -2.45. The van der Waals surface area contributed by atoms with Crippen LogP contribution in [0.4, 0.5) is 4.79 Å². The fourth-order valence-electron chi connectivity index (χ4n) is 4.03. The second-order valence-corrected chi connectivity index (χ2v) is 7.43. The maximum absolute atomic E-state index is 13.0. The normalized spacial score (nSPS) is 22.9. The smallest absolute Gasteiger partial charge is 0.341 e. The summed E-state index contributed by atoms with van der Waals surface area (Å²) < 4.78 is 10.7. The standard InChI is InChI=1S/C21H28N2O5/c1-3-15-18(20(25)28-12-13-7-5-4-6-8-13)19(23-21(26)22-15)14-9-10-17(27-2)16(24)11-14/h9-11,13,18-19,24H,3-8,12H2,1-2H3,(H,23,26). The Labute approximate surface area is 165 Å². The summed E-state index contributed by atoms with van der Waals surface area (Å²) in [7, 11) is 1.46. The summed E-state index contributed by atoms with van der Waals surface area (Å²) in [5.41, 5.74) is 1.10. The maximum atomic E-state index is 13.0. The molecule has 152 valence electrons. The Morgan fingerprint density at radius 1 is 1.29 bits per heavy atom. The lowest BCUT2D eigenvalue weighted by atomic mass is 9.86. The molecule has 1 aromatic carbocycles. The van der Waals surface area contributed by atoms with Gasteiger partial charge in [-0.2, -0.15) is 0 Å². The average molecular weight is 388 g/mol. The number of nitrogens with one attached hydrogen (secondary N) is 1. The summed E-state index contributed by atoms with van der Waals surface area (Å²) in [5, 5.41) is 12.9. The number of nitrogens with zero attached hydrogens (tertiary/aromatic N) is 1. The van der Waals surface area contributed by atoms with E-state index in [-0.39, 0.29) is 11.7 Å². The molecule has 1 saturated carbocycles. The van der Waals surface area contributed by atoms with Gasteiger partial charge < -0.3 is 19.9 Å². The third-order valence-corrected chi connectivity index (χ3v) is 5.58. The molecular formula is C21H28N2O5. The molecular weight excluding hydrogens is 360 g/mol. The molecule has 1 fully saturated rings. The van der Waals surface area contributed by atoms with E-state index in [1.807, 2.05) is 6.92 Å². The van der Waals surface area contributed by atoms with Gasteiger partial charge >= 0.3 is 12.0 Å². The predicted molar refractivity (Wildman–Crippen MR) is 105 cm³/mol. The molecule has 7 nitrogen and oxygen atoms in total. The highest BCUT2D eigenvalue weighted by molar-refractivity contribution is 6.09. The van der Waals surface area contributed by atoms with Crippen molar-refractivity contribution >= 4 is 17.7 Å². The van der Waals surface area contributed by atoms with Crippen LogP contribution in [0.15, 0.2) is 23.2 Å². The number of hydrogen-bond acceptors (Lipinski definition) is 5. The first-order valence-corrected chi connectivity index (χ1v) is 9.95. The number of carbonyl (C=O) groups excluding carboxylic acids is 2. The van der Waals surface area contributed by atoms with Crippen molar-refractivity contribution in [2.45, 2.75) is 51.5 Å². The highest BCUT2D eigenvalue weighted by Gasteiger charge is 2.39. The molecule has 1 aliphatic heterocycles. The number of amides is 2. The Morgan fingerprint density at radius 2 is 2.04 bits per heavy atom. The molecule has 3 rings (SSSR count). The van der Waals surface area contributed by atoms with Crippen LogP contribution in [0.5, 0.6) is 11.5 Å². The fraction of sp³-hybridized carbons (Fsp3) is 0.571. The Balaban J connectivity index is 1.82. The van der Waals surface area contributed by atoms with Crippen molar-refractivity contribution in [3.05, 3.63) is 23.8 Å². The van der Waals surface area contributed by atoms with E-state index in [2.05, 4.69) is 10.3 Å². The third-order valence-electron chi connectivity index (χ3n) is 5.58. The zero-order valence-electron chi connectivity index (χ0n) is 16.4. The van der Waals surface area contributed by atoms with Gasteiger partial charge in [0.05, 0.1) is 19.8 Å². The summed E-state index contributed by atoms with van der Waals surface area (Å²) in [6.07, 6.45) is 6.23. The molecule has 1 aliphatic carbocycles. The zero-order chi connectivity index (χ0) is 20.1. The zero-order valence-corrected chi connectivity index (χ0v) is 16.4. The molecule has 0 bridgehead atoms. The predicted octanol–water partition coefficient (Wildman–Crippen LogP) is 3.76. The van der Waals surface area contributed by atoms with Gasteiger partial charge in [0, 0.05) is 5.71 Å². The van der Waals surface area contributed by atoms with Crippen molar-refractivity contribution in [2.75, 3.05) is 13.7 Å². The molecule has 2 N–H and O–H groups in total. The van der Waals surface area contributed by atoms with Crippen LogP contribution in [0.1, 0.15) is 57.1 Å². The summed E-state index contributed by atoms with van der Waals surface area (Å²) >= 11 is 0. The van der Waals surface area contributed by atoms with E-state index < -0.39 is 18.0 Å². The molecule has 0 radical (unpaired) electrons. The monoisotopic (exact) mass is 388 g/mol. The molecule has 2 unspecified atom stereocenters. The minimum absolute atomic E-state index is 0.0517. The highest BCUT2D eigenvalue weighted by atomic mass is 16.5. The number of methoxy groups -OCH3 is 1. The van der Waals surface area contributed by atoms with Crippen LogP contribution < -0.4 is 10.1 Å². The number of phenols is 1. The van der Waals surface area contributed by atoms with Crippen molar-refractivity contribution in [3.8, 4) is 11.5 Å². The van der Waals surface area contributed by atoms with E-state index in [0.717, 1.165) is 12.8 Å². The number of hydrogen-bond donors (Lipinski definition) is 2. The topological polar surface area (TPSA) is 97.2 Å². The van der Waals surface area contributed by atoms with E-state index >= 15 is 0 Å². The molecule has 0 saturated heterocycles. The van der Waals surface area contributed by atoms with Crippen molar-refractivity contribution in [1.82, 2.24) is 5.32 Å². The fourth-order valence-corrected chi connectivity index (χ4v) is 4.03. The van der Waals surface area contributed by atoms with Crippen LogP contribution in [0, 0.1) is 11.8 Å². The second-order valence-electron chi connectivity index (χ2n) is 7.43. The van der Waals surface area contributed by atoms with E-state index in [4.69, 9.17) is 9.47 Å². The van der Waals surface area contributed by atoms with Crippen LogP contribution in [0.2, 0.25) is 0 Å². The van der Waals surface area contributed by atoms with Gasteiger partial charge in [-0.15, -0.1) is 0 Å². The van der Waals surface area contributed by atoms with E-state index in [0.29, 0.717) is 36.0 Å². The first-order valence-electron chi connectivity index (χ1n) is 9.95. The third kappa shape index (κ3) is 4.46. The maximum Gasteiger partial charge on any atom is 0.341 e. The number of phenolic OH excluding ortho intramolecular Hbond substituents is 1. The molecule has 28 heavy (non-hydrogen) atoms. The Morgan fingerprint density at radius 3 is 2.68 bits per heavy atom. The average Bonchev–Trinajstić information content (AvgIpc) is 2.72. The Hall–Kier alpha value is -2.57. The van der Waals surface area contributed by atoms with Crippen molar-refractivity contribution in [3.63, 3.8) is 0 Å². The van der Waals surface area contributed by atoms with Gasteiger partial charge in [-0.3, -0.25) is 4.79 Å². The van der Waals surface area contributed by atoms with Crippen LogP contribution in [-0.4, -0.2) is 36.5 Å². The molecule has 2 atom stereocenters. The van der Waals surface area contributed by atoms with Crippen LogP contribution in [0.25, 0.3) is 0 Å². The lowest BCUT2D eigenvalue weighted by molar-refractivity contribution is -0.148. The number of rotatable bonds is 6. The second kappa shape index (κ2) is 9.08. The molecule has 1 heterocycles. The van der Waals surface area contributed by atoms with Crippen LogP contribution in [-0.2, 0) is 9.53 Å². The highest BCUT2D eigenvalue weighted by Crippen LogP contribution is 2.35. The number of aromatic hydroxyl groups is 1. The molecule has 2 amide bonds. The quantitative estimate of drug-likeness (QED) is 0.723. The van der Waals surface area contributed by atoms with Gasteiger partial charge in [0.1, 0.15) is 5.92 Å². The number of carbonyl (C=O) groups is 2. The minimum Gasteiger partial charge on any atom is -0.504 e. The number of urea groups is 1. The number of benzene rings is 1. The van der Waals surface area contributed by atoms with Crippen molar-refractivity contribution in [2.24, 2.45) is 16.8 Å². The summed E-state index contributed by atoms with van der Waals surface area (Å²) in [4.78, 5) is 29.0. The lowest BCUT2D eigenvalue weighted by Gasteiger charge is -2.31. The van der Waals surface area contributed by atoms with Crippen LogP contribution >= 0.6 is 0 Å². The summed E-state index contributed by atoms with van der Waals surface area (Å²) in [6.45, 7) is 2.27. The number of ether oxygens (including phenoxy) is 2. The number of aliphatic imine (C=N–C) groups is 1. The largest absolute Gasteiger partial charge is 0.504 e. The van der Waals surface area contributed by atoms with Crippen LogP contribution in [0.3, 0.4) is 0 Å². The van der Waals surface area contributed by atoms with Gasteiger partial charge in [-0.25, -0.2) is 9.79 Å². The van der Waals surface area contributed by atoms with E-state index in [9.17, 15) is 14.7 Å². The summed E-state index contributed by atoms with van der Waals surface area (Å²) in [5.74, 6) is -0.414. The van der Waals surface area contributed by atoms with Gasteiger partial charge in [0.25, 0.3) is 0 Å². The van der Waals surface area contributed by atoms with E-state index in [1.165, 1.54) is 32.4 Å². The van der Waals surface area contributed by atoms with Gasteiger partial charge in [-0.1, -0.05) is 32.3 Å². The first kappa shape index (κ1) is 20.2. The molecule has 1 aromatic rings. The van der Waals surface area contributed by atoms with Crippen molar-refractivity contribution < 1.29 is 24.2 Å². The van der Waals surface area contributed by atoms with Gasteiger partial charge in [-0.05, 0) is 42.9 Å². The molecule has 0 spiro atoms. The molecule has 7 heteroatoms. The van der Waals surface area contributed by atoms with E-state index in [1.54, 1.807) is 12.1 Å². The Kier molecular flexibility index (Phi) is 6.54. The summed E-state index contributed by atoms with van der Waals surface area (Å²) in [6, 6.07) is 3.70. The van der Waals surface area contributed by atoms with Gasteiger partial charge in [0.2, 0.25) is 0 Å². The van der Waals surface area contributed by atoms with Crippen molar-refractivity contribution in [1.29, 1.82) is 0 Å². The van der Waals surface area contributed by atoms with Gasteiger partial charge in [0.15, 0.2) is 11.5 Å². The molecule has 0 aromatic heterocycles. The Bertz CT molecular complexity index is 755. The SMILES string of the molecule is CCC1=NC(=O)NC(c2ccc(OC)c(O)c2)C1C(=O)OCC1CCCCC1. The minimum atomic E-state index is -0.709. The molecule has 2 aliphatic rings.